The first-order valence-corrected chi connectivity index (χ1v) is 8.14. The molecule has 1 fully saturated rings. The highest BCUT2D eigenvalue weighted by Crippen LogP contribution is 2.39. The van der Waals surface area contributed by atoms with Gasteiger partial charge in [-0.05, 0) is 37.8 Å². The topological polar surface area (TPSA) is 83.6 Å². The van der Waals surface area contributed by atoms with E-state index >= 15 is 0 Å². The number of hydrogen-bond donors (Lipinski definition) is 2. The van der Waals surface area contributed by atoms with Crippen molar-refractivity contribution in [3.63, 3.8) is 0 Å². The molecule has 0 spiro atoms. The summed E-state index contributed by atoms with van der Waals surface area (Å²) < 4.78 is 0. The molecule has 5 heteroatoms. The molecule has 5 nitrogen and oxygen atoms in total. The van der Waals surface area contributed by atoms with Crippen molar-refractivity contribution in [3.8, 4) is 0 Å². The van der Waals surface area contributed by atoms with Gasteiger partial charge in [0.05, 0.1) is 11.6 Å². The van der Waals surface area contributed by atoms with Crippen molar-refractivity contribution in [1.82, 2.24) is 0 Å². The van der Waals surface area contributed by atoms with Crippen LogP contribution in [0.15, 0.2) is 35.6 Å². The van der Waals surface area contributed by atoms with Crippen molar-refractivity contribution in [3.05, 3.63) is 41.2 Å². The zero-order valence-electron chi connectivity index (χ0n) is 13.3. The number of aliphatic hydroxyl groups excluding tert-OH is 1. The number of carbonyl (C=O) groups is 2. The second-order valence-corrected chi connectivity index (χ2v) is 6.48. The third-order valence-electron chi connectivity index (χ3n) is 4.92. The Bertz CT molecular complexity index is 657. The van der Waals surface area contributed by atoms with Crippen LogP contribution in [-0.4, -0.2) is 23.0 Å². The molecule has 23 heavy (non-hydrogen) atoms. The zero-order valence-corrected chi connectivity index (χ0v) is 13.3. The number of carbonyl (C=O) groups excluding carboxylic acids is 2. The fourth-order valence-electron chi connectivity index (χ4n) is 3.77. The number of anilines is 1. The third-order valence-corrected chi connectivity index (χ3v) is 4.92. The van der Waals surface area contributed by atoms with Gasteiger partial charge < -0.3 is 10.8 Å². The van der Waals surface area contributed by atoms with Gasteiger partial charge in [0.25, 0.3) is 11.8 Å². The molecular weight excluding hydrogens is 292 g/mol. The van der Waals surface area contributed by atoms with E-state index in [4.69, 9.17) is 5.73 Å². The standard InChI is InChI=1S/C18H22N2O3/c1-11-7-9-13(10-8-11)20-15(12-5-3-2-4-6-12)14(17(19)22)16(21)18(20)23/h7-10,12,15,21H,2-6H2,1H3,(H2,19,22). The summed E-state index contributed by atoms with van der Waals surface area (Å²) in [5, 5.41) is 10.2. The van der Waals surface area contributed by atoms with Gasteiger partial charge in [-0.2, -0.15) is 0 Å². The predicted octanol–water partition coefficient (Wildman–Crippen LogP) is 2.59. The molecule has 1 aromatic carbocycles. The number of primary amides is 1. The van der Waals surface area contributed by atoms with E-state index in [1.165, 1.54) is 6.42 Å². The Hall–Kier alpha value is -2.30. The molecule has 1 heterocycles. The highest BCUT2D eigenvalue weighted by molar-refractivity contribution is 6.15. The van der Waals surface area contributed by atoms with E-state index in [1.54, 1.807) is 4.90 Å². The van der Waals surface area contributed by atoms with Crippen LogP contribution in [0.4, 0.5) is 5.69 Å². The fourth-order valence-corrected chi connectivity index (χ4v) is 3.77. The van der Waals surface area contributed by atoms with Crippen LogP contribution >= 0.6 is 0 Å². The SMILES string of the molecule is Cc1ccc(N2C(=O)C(O)=C(C(N)=O)C2C2CCCCC2)cc1. The van der Waals surface area contributed by atoms with Crippen LogP contribution in [0.2, 0.25) is 0 Å². The van der Waals surface area contributed by atoms with E-state index in [1.807, 2.05) is 31.2 Å². The van der Waals surface area contributed by atoms with Crippen LogP contribution in [-0.2, 0) is 9.59 Å². The van der Waals surface area contributed by atoms with Crippen LogP contribution in [0, 0.1) is 12.8 Å². The van der Waals surface area contributed by atoms with Crippen LogP contribution in [0.5, 0.6) is 0 Å². The lowest BCUT2D eigenvalue weighted by atomic mass is 9.80. The minimum absolute atomic E-state index is 0.0717. The van der Waals surface area contributed by atoms with E-state index in [-0.39, 0.29) is 11.5 Å². The largest absolute Gasteiger partial charge is 0.503 e. The van der Waals surface area contributed by atoms with Crippen LogP contribution in [0.25, 0.3) is 0 Å². The number of nitrogens with zero attached hydrogens (tertiary/aromatic N) is 1. The van der Waals surface area contributed by atoms with Crippen LogP contribution in [0.1, 0.15) is 37.7 Å². The van der Waals surface area contributed by atoms with Gasteiger partial charge in [-0.3, -0.25) is 14.5 Å². The van der Waals surface area contributed by atoms with Crippen molar-refractivity contribution in [2.24, 2.45) is 11.7 Å². The molecule has 3 N–H and O–H groups in total. The summed E-state index contributed by atoms with van der Waals surface area (Å²) in [5.41, 5.74) is 7.33. The van der Waals surface area contributed by atoms with Gasteiger partial charge in [-0.25, -0.2) is 0 Å². The zero-order chi connectivity index (χ0) is 16.6. The highest BCUT2D eigenvalue weighted by Gasteiger charge is 2.46. The molecule has 1 aliphatic heterocycles. The molecule has 0 bridgehead atoms. The molecule has 122 valence electrons. The first kappa shape index (κ1) is 15.6. The fraction of sp³-hybridized carbons (Fsp3) is 0.444. The minimum Gasteiger partial charge on any atom is -0.503 e. The Balaban J connectivity index is 2.04. The minimum atomic E-state index is -0.707. The molecule has 1 saturated carbocycles. The molecule has 1 aromatic rings. The molecule has 0 aromatic heterocycles. The number of amides is 2. The number of rotatable bonds is 3. The summed E-state index contributed by atoms with van der Waals surface area (Å²) in [6.07, 6.45) is 5.19. The number of benzene rings is 1. The molecule has 2 amide bonds. The first-order chi connectivity index (χ1) is 11.0. The van der Waals surface area contributed by atoms with E-state index in [9.17, 15) is 14.7 Å². The van der Waals surface area contributed by atoms with Crippen LogP contribution in [0.3, 0.4) is 0 Å². The van der Waals surface area contributed by atoms with E-state index in [0.717, 1.165) is 31.2 Å². The Morgan fingerprint density at radius 3 is 2.35 bits per heavy atom. The Kier molecular flexibility index (Phi) is 4.11. The van der Waals surface area contributed by atoms with E-state index in [2.05, 4.69) is 0 Å². The second kappa shape index (κ2) is 6.07. The number of hydrogen-bond acceptors (Lipinski definition) is 3. The van der Waals surface area contributed by atoms with E-state index < -0.39 is 23.6 Å². The van der Waals surface area contributed by atoms with Gasteiger partial charge in [0.2, 0.25) is 0 Å². The van der Waals surface area contributed by atoms with Gasteiger partial charge in [-0.15, -0.1) is 0 Å². The van der Waals surface area contributed by atoms with Crippen molar-refractivity contribution in [2.45, 2.75) is 45.1 Å². The van der Waals surface area contributed by atoms with E-state index in [0.29, 0.717) is 5.69 Å². The average Bonchev–Trinajstić information content (AvgIpc) is 2.81. The molecule has 1 atom stereocenters. The van der Waals surface area contributed by atoms with Crippen molar-refractivity contribution < 1.29 is 14.7 Å². The van der Waals surface area contributed by atoms with Crippen LogP contribution < -0.4 is 10.6 Å². The molecule has 0 saturated heterocycles. The molecule has 3 rings (SSSR count). The maximum absolute atomic E-state index is 12.6. The first-order valence-electron chi connectivity index (χ1n) is 8.14. The molecule has 1 aliphatic carbocycles. The Morgan fingerprint density at radius 2 is 1.78 bits per heavy atom. The molecule has 2 aliphatic rings. The normalized spacial score (nSPS) is 22.7. The monoisotopic (exact) mass is 314 g/mol. The highest BCUT2D eigenvalue weighted by atomic mass is 16.3. The quantitative estimate of drug-likeness (QED) is 0.899. The maximum atomic E-state index is 12.6. The van der Waals surface area contributed by atoms with Gasteiger partial charge in [0.1, 0.15) is 0 Å². The maximum Gasteiger partial charge on any atom is 0.294 e. The molecule has 0 radical (unpaired) electrons. The summed E-state index contributed by atoms with van der Waals surface area (Å²) >= 11 is 0. The Morgan fingerprint density at radius 1 is 1.17 bits per heavy atom. The summed E-state index contributed by atoms with van der Waals surface area (Å²) in [5.74, 6) is -1.57. The average molecular weight is 314 g/mol. The number of aryl methyl sites for hydroxylation is 1. The summed E-state index contributed by atoms with van der Waals surface area (Å²) in [6, 6.07) is 7.07. The number of aliphatic hydroxyl groups is 1. The smallest absolute Gasteiger partial charge is 0.294 e. The molecule has 1 unspecified atom stereocenters. The third kappa shape index (κ3) is 2.71. The lowest BCUT2D eigenvalue weighted by molar-refractivity contribution is -0.117. The van der Waals surface area contributed by atoms with Gasteiger partial charge in [0, 0.05) is 5.69 Å². The van der Waals surface area contributed by atoms with Crippen molar-refractivity contribution >= 4 is 17.5 Å². The van der Waals surface area contributed by atoms with Gasteiger partial charge >= 0.3 is 0 Å². The van der Waals surface area contributed by atoms with Gasteiger partial charge in [-0.1, -0.05) is 37.0 Å². The van der Waals surface area contributed by atoms with Crippen molar-refractivity contribution in [1.29, 1.82) is 0 Å². The summed E-state index contributed by atoms with van der Waals surface area (Å²) in [7, 11) is 0. The molecular formula is C18H22N2O3. The lowest BCUT2D eigenvalue weighted by Crippen LogP contribution is -2.43. The van der Waals surface area contributed by atoms with Crippen molar-refractivity contribution in [2.75, 3.05) is 4.90 Å². The lowest BCUT2D eigenvalue weighted by Gasteiger charge is -2.35. The second-order valence-electron chi connectivity index (χ2n) is 6.48. The summed E-state index contributed by atoms with van der Waals surface area (Å²) in [4.78, 5) is 26.0. The predicted molar refractivity (Wildman–Crippen MR) is 87.9 cm³/mol. The number of nitrogens with two attached hydrogens (primary N) is 1. The van der Waals surface area contributed by atoms with Gasteiger partial charge in [0.15, 0.2) is 5.76 Å². The Labute approximate surface area is 135 Å². The summed E-state index contributed by atoms with van der Waals surface area (Å²) in [6.45, 7) is 1.97.